The molecule has 0 radical (unpaired) electrons. The summed E-state index contributed by atoms with van der Waals surface area (Å²) in [6, 6.07) is 23.1. The Morgan fingerprint density at radius 2 is 1.50 bits per heavy atom. The van der Waals surface area contributed by atoms with Crippen molar-refractivity contribution in [2.75, 3.05) is 30.5 Å². The van der Waals surface area contributed by atoms with Gasteiger partial charge in [-0.3, -0.25) is 4.31 Å². The number of sulfonamides is 1. The first-order chi connectivity index (χ1) is 17.0. The highest BCUT2D eigenvalue weighted by Gasteiger charge is 2.26. The summed E-state index contributed by atoms with van der Waals surface area (Å²) in [7, 11) is -3.81. The zero-order chi connectivity index (χ0) is 24.5. The smallest absolute Gasteiger partial charge is 0.264 e. The molecule has 0 atom stereocenters. The van der Waals surface area contributed by atoms with Gasteiger partial charge in [0.25, 0.3) is 10.0 Å². The highest BCUT2D eigenvalue weighted by Crippen LogP contribution is 2.29. The Bertz CT molecular complexity index is 1170. The third-order valence-corrected chi connectivity index (χ3v) is 8.35. The molecule has 0 bridgehead atoms. The Morgan fingerprint density at radius 3 is 2.22 bits per heavy atom. The lowest BCUT2D eigenvalue weighted by molar-refractivity contribution is 0.215. The third-order valence-electron chi connectivity index (χ3n) is 6.31. The van der Waals surface area contributed by atoms with E-state index in [1.54, 1.807) is 36.4 Å². The van der Waals surface area contributed by atoms with Crippen LogP contribution in [0.1, 0.15) is 37.7 Å². The first kappa shape index (κ1) is 28.3. The van der Waals surface area contributed by atoms with Gasteiger partial charge in [0, 0.05) is 10.6 Å². The summed E-state index contributed by atoms with van der Waals surface area (Å²) in [6.07, 6.45) is 6.03. The number of unbranched alkanes of at least 4 members (excludes halogenated alkanes) is 1. The Balaban J connectivity index is 0.00000361. The van der Waals surface area contributed by atoms with E-state index in [4.69, 9.17) is 16.3 Å². The second kappa shape index (κ2) is 13.9. The van der Waals surface area contributed by atoms with Gasteiger partial charge in [-0.1, -0.05) is 54.4 Å². The van der Waals surface area contributed by atoms with Gasteiger partial charge in [-0.2, -0.15) is 0 Å². The zero-order valence-electron chi connectivity index (χ0n) is 20.4. The van der Waals surface area contributed by atoms with Crippen LogP contribution in [-0.4, -0.2) is 39.6 Å². The van der Waals surface area contributed by atoms with Crippen LogP contribution in [0.3, 0.4) is 0 Å². The van der Waals surface area contributed by atoms with Crippen LogP contribution in [0.25, 0.3) is 0 Å². The Hall–Kier alpha value is -2.25. The van der Waals surface area contributed by atoms with E-state index in [1.165, 1.54) is 36.7 Å². The number of hydrogen-bond donors (Lipinski definition) is 0. The van der Waals surface area contributed by atoms with Crippen LogP contribution in [0.5, 0.6) is 5.75 Å². The predicted octanol–water partition coefficient (Wildman–Crippen LogP) is 6.80. The average molecular weight is 550 g/mol. The molecule has 3 aromatic carbocycles. The fourth-order valence-electron chi connectivity index (χ4n) is 4.38. The van der Waals surface area contributed by atoms with E-state index in [-0.39, 0.29) is 23.8 Å². The van der Waals surface area contributed by atoms with Crippen molar-refractivity contribution in [2.45, 2.75) is 43.5 Å². The molecule has 0 aliphatic carbocycles. The molecule has 0 aromatic heterocycles. The molecular formula is C28H34Cl2N2O3S. The maximum Gasteiger partial charge on any atom is 0.264 e. The van der Waals surface area contributed by atoms with Gasteiger partial charge in [-0.05, 0) is 87.8 Å². The highest BCUT2D eigenvalue weighted by molar-refractivity contribution is 7.92. The molecule has 194 valence electrons. The lowest BCUT2D eigenvalue weighted by Gasteiger charge is -2.26. The van der Waals surface area contributed by atoms with E-state index in [0.29, 0.717) is 17.3 Å². The van der Waals surface area contributed by atoms with Crippen LogP contribution in [-0.2, 0) is 16.6 Å². The molecule has 1 aliphatic heterocycles. The van der Waals surface area contributed by atoms with E-state index in [0.717, 1.165) is 30.7 Å². The predicted molar refractivity (Wildman–Crippen MR) is 150 cm³/mol. The highest BCUT2D eigenvalue weighted by atomic mass is 35.5. The largest absolute Gasteiger partial charge is 0.493 e. The van der Waals surface area contributed by atoms with Crippen molar-refractivity contribution in [3.8, 4) is 5.75 Å². The van der Waals surface area contributed by atoms with Crippen molar-refractivity contribution in [1.29, 1.82) is 0 Å². The summed E-state index contributed by atoms with van der Waals surface area (Å²) in [4.78, 5) is 2.73. The van der Waals surface area contributed by atoms with Crippen molar-refractivity contribution < 1.29 is 13.2 Å². The van der Waals surface area contributed by atoms with E-state index in [2.05, 4.69) is 4.90 Å². The number of likely N-dealkylation sites (tertiary alicyclic amines) is 1. The lowest BCUT2D eigenvalue weighted by atomic mass is 10.1. The van der Waals surface area contributed by atoms with Gasteiger partial charge in [0.2, 0.25) is 0 Å². The van der Waals surface area contributed by atoms with Crippen LogP contribution >= 0.6 is 24.0 Å². The molecule has 0 N–H and O–H groups in total. The van der Waals surface area contributed by atoms with Gasteiger partial charge in [0.1, 0.15) is 5.75 Å². The summed E-state index contributed by atoms with van der Waals surface area (Å²) in [5.41, 5.74) is 1.42. The molecule has 3 aromatic rings. The molecule has 0 spiro atoms. The van der Waals surface area contributed by atoms with Crippen LogP contribution in [0.2, 0.25) is 5.02 Å². The van der Waals surface area contributed by atoms with Crippen molar-refractivity contribution in [3.05, 3.63) is 89.4 Å². The minimum Gasteiger partial charge on any atom is -0.493 e. The molecule has 0 saturated carbocycles. The number of anilines is 1. The van der Waals surface area contributed by atoms with Crippen LogP contribution in [0.4, 0.5) is 5.69 Å². The quantitative estimate of drug-likeness (QED) is 0.247. The minimum atomic E-state index is -3.81. The van der Waals surface area contributed by atoms with Crippen molar-refractivity contribution in [3.63, 3.8) is 0 Å². The van der Waals surface area contributed by atoms with Gasteiger partial charge in [-0.25, -0.2) is 8.42 Å². The van der Waals surface area contributed by atoms with E-state index in [9.17, 15) is 8.42 Å². The van der Waals surface area contributed by atoms with Crippen molar-refractivity contribution in [2.24, 2.45) is 0 Å². The maximum atomic E-state index is 13.6. The second-order valence-electron chi connectivity index (χ2n) is 8.87. The number of piperidine rings is 1. The first-order valence-electron chi connectivity index (χ1n) is 12.3. The summed E-state index contributed by atoms with van der Waals surface area (Å²) in [6.45, 7) is 4.31. The number of ether oxygens (including phenoxy) is 1. The Morgan fingerprint density at radius 1 is 0.833 bits per heavy atom. The van der Waals surface area contributed by atoms with Gasteiger partial charge < -0.3 is 9.64 Å². The molecule has 5 nitrogen and oxygen atoms in total. The van der Waals surface area contributed by atoms with Gasteiger partial charge in [0.15, 0.2) is 0 Å². The summed E-state index contributed by atoms with van der Waals surface area (Å²) in [5, 5.41) is 0.495. The first-order valence-corrected chi connectivity index (χ1v) is 14.1. The molecule has 1 aliphatic rings. The van der Waals surface area contributed by atoms with Gasteiger partial charge >= 0.3 is 0 Å². The number of nitrogens with zero attached hydrogens (tertiary/aromatic N) is 2. The molecule has 1 fully saturated rings. The molecule has 0 unspecified atom stereocenters. The lowest BCUT2D eigenvalue weighted by Crippen LogP contribution is -2.31. The number of benzene rings is 3. The fourth-order valence-corrected chi connectivity index (χ4v) is 5.94. The number of para-hydroxylation sites is 2. The fraction of sp³-hybridized carbons (Fsp3) is 0.357. The van der Waals surface area contributed by atoms with Crippen molar-refractivity contribution >= 4 is 39.7 Å². The molecule has 1 heterocycles. The van der Waals surface area contributed by atoms with E-state index in [1.807, 2.05) is 42.5 Å². The van der Waals surface area contributed by atoms with Crippen LogP contribution in [0.15, 0.2) is 83.8 Å². The molecule has 8 heteroatoms. The topological polar surface area (TPSA) is 49.9 Å². The summed E-state index contributed by atoms with van der Waals surface area (Å²) in [5.74, 6) is 0.720. The molecule has 0 amide bonds. The number of hydrogen-bond acceptors (Lipinski definition) is 4. The molecular weight excluding hydrogens is 515 g/mol. The SMILES string of the molecule is Cl.O=S(=O)(c1ccc(Cl)cc1)N(Cc1ccccc1OCCCCN1CCCCC1)c1ccccc1. The van der Waals surface area contributed by atoms with E-state index < -0.39 is 10.0 Å². The second-order valence-corrected chi connectivity index (χ2v) is 11.2. The summed E-state index contributed by atoms with van der Waals surface area (Å²) < 4.78 is 34.9. The van der Waals surface area contributed by atoms with E-state index >= 15 is 0 Å². The normalized spacial score (nSPS) is 14.1. The summed E-state index contributed by atoms with van der Waals surface area (Å²) >= 11 is 6.00. The monoisotopic (exact) mass is 548 g/mol. The minimum absolute atomic E-state index is 0. The molecule has 36 heavy (non-hydrogen) atoms. The molecule has 1 saturated heterocycles. The Labute approximate surface area is 226 Å². The standard InChI is InChI=1S/C28H33ClN2O3S.ClH/c29-25-15-17-27(18-16-25)35(32,33)31(26-12-3-1-4-13-26)23-24-11-5-6-14-28(24)34-22-10-9-21-30-19-7-2-8-20-30;/h1,3-6,11-18H,2,7-10,19-23H2;1H. The van der Waals surface area contributed by atoms with Gasteiger partial charge in [-0.15, -0.1) is 12.4 Å². The maximum absolute atomic E-state index is 13.6. The number of rotatable bonds is 11. The Kier molecular flexibility index (Phi) is 10.9. The zero-order valence-corrected chi connectivity index (χ0v) is 22.8. The van der Waals surface area contributed by atoms with Crippen LogP contribution in [0, 0.1) is 0 Å². The average Bonchev–Trinajstić information content (AvgIpc) is 2.89. The van der Waals surface area contributed by atoms with Crippen molar-refractivity contribution in [1.82, 2.24) is 4.90 Å². The number of halogens is 2. The third kappa shape index (κ3) is 7.62. The van der Waals surface area contributed by atoms with Crippen LogP contribution < -0.4 is 9.04 Å². The van der Waals surface area contributed by atoms with Gasteiger partial charge in [0.05, 0.1) is 23.7 Å². The molecule has 4 rings (SSSR count).